The summed E-state index contributed by atoms with van der Waals surface area (Å²) in [4.78, 5) is 17.0. The summed E-state index contributed by atoms with van der Waals surface area (Å²) in [6.45, 7) is 2.21. The van der Waals surface area contributed by atoms with Crippen LogP contribution in [0.3, 0.4) is 0 Å². The van der Waals surface area contributed by atoms with E-state index >= 15 is 0 Å². The van der Waals surface area contributed by atoms with E-state index in [1.165, 1.54) is 26.3 Å². The van der Waals surface area contributed by atoms with E-state index in [0.717, 1.165) is 40.5 Å². The van der Waals surface area contributed by atoms with Gasteiger partial charge in [-0.15, -0.1) is 0 Å². The van der Waals surface area contributed by atoms with Crippen molar-refractivity contribution in [3.05, 3.63) is 76.3 Å². The standard InChI is InChI=1S/C27H34ClN3O6S/c1-5-6-7-25-29-26(28)24(18-32)31(25)17-20-10-14-22(15-11-20)38(34,35)30(2)23(27(33)37-4)16-19-8-12-21(36-3)13-9-19/h8-15,23,32H,5-7,16-18H2,1-4H3/t23-/m1/s1. The lowest BCUT2D eigenvalue weighted by molar-refractivity contribution is -0.144. The molecule has 1 N–H and O–H groups in total. The molecule has 0 bridgehead atoms. The molecule has 1 aromatic heterocycles. The van der Waals surface area contributed by atoms with Gasteiger partial charge in [-0.25, -0.2) is 13.4 Å². The largest absolute Gasteiger partial charge is 0.497 e. The first-order chi connectivity index (χ1) is 18.2. The maximum Gasteiger partial charge on any atom is 0.324 e. The summed E-state index contributed by atoms with van der Waals surface area (Å²) < 4.78 is 39.9. The number of aromatic nitrogens is 2. The Morgan fingerprint density at radius 1 is 1.11 bits per heavy atom. The van der Waals surface area contributed by atoms with Crippen LogP contribution in [-0.2, 0) is 45.5 Å². The van der Waals surface area contributed by atoms with E-state index in [1.54, 1.807) is 43.5 Å². The third-order valence-corrected chi connectivity index (χ3v) is 8.63. The van der Waals surface area contributed by atoms with E-state index in [2.05, 4.69) is 11.9 Å². The molecule has 0 saturated heterocycles. The minimum atomic E-state index is -4.02. The zero-order valence-electron chi connectivity index (χ0n) is 22.1. The number of carbonyl (C=O) groups is 1. The molecule has 0 aliphatic rings. The maximum absolute atomic E-state index is 13.5. The highest BCUT2D eigenvalue weighted by molar-refractivity contribution is 7.89. The van der Waals surface area contributed by atoms with Gasteiger partial charge in [0.1, 0.15) is 17.6 Å². The predicted molar refractivity (Wildman–Crippen MR) is 145 cm³/mol. The van der Waals surface area contributed by atoms with Crippen LogP contribution in [-0.4, -0.2) is 60.7 Å². The molecule has 0 spiro atoms. The van der Waals surface area contributed by atoms with Crippen LogP contribution in [0.25, 0.3) is 0 Å². The summed E-state index contributed by atoms with van der Waals surface area (Å²) in [7, 11) is 0.141. The molecule has 2 aromatic carbocycles. The number of aliphatic hydroxyl groups excluding tert-OH is 1. The lowest BCUT2D eigenvalue weighted by atomic mass is 10.1. The predicted octanol–water partition coefficient (Wildman–Crippen LogP) is 3.83. The number of carbonyl (C=O) groups excluding carboxylic acids is 1. The van der Waals surface area contributed by atoms with Crippen molar-refractivity contribution in [1.82, 2.24) is 13.9 Å². The van der Waals surface area contributed by atoms with Crippen LogP contribution < -0.4 is 4.74 Å². The van der Waals surface area contributed by atoms with Crippen LogP contribution in [0.15, 0.2) is 53.4 Å². The number of hydrogen-bond acceptors (Lipinski definition) is 7. The number of halogens is 1. The van der Waals surface area contributed by atoms with E-state index in [0.29, 0.717) is 18.0 Å². The Balaban J connectivity index is 1.84. The summed E-state index contributed by atoms with van der Waals surface area (Å²) in [6.07, 6.45) is 2.77. The van der Waals surface area contributed by atoms with Crippen LogP contribution in [0.5, 0.6) is 5.75 Å². The van der Waals surface area contributed by atoms with Gasteiger partial charge in [-0.05, 0) is 48.2 Å². The Kier molecular flexibility index (Phi) is 10.3. The van der Waals surface area contributed by atoms with Crippen molar-refractivity contribution in [2.45, 2.75) is 56.7 Å². The fraction of sp³-hybridized carbons (Fsp3) is 0.407. The number of aliphatic hydroxyl groups is 1. The molecule has 11 heteroatoms. The number of rotatable bonds is 13. The number of unbranched alkanes of at least 4 members (excludes halogenated alkanes) is 1. The molecule has 0 unspecified atom stereocenters. The topological polar surface area (TPSA) is 111 Å². The van der Waals surface area contributed by atoms with Gasteiger partial charge >= 0.3 is 5.97 Å². The van der Waals surface area contributed by atoms with Crippen LogP contribution >= 0.6 is 11.6 Å². The summed E-state index contributed by atoms with van der Waals surface area (Å²) in [5.41, 5.74) is 2.10. The summed E-state index contributed by atoms with van der Waals surface area (Å²) in [5.74, 6) is 0.777. The smallest absolute Gasteiger partial charge is 0.324 e. The fourth-order valence-electron chi connectivity index (χ4n) is 4.13. The molecule has 0 saturated carbocycles. The number of nitrogens with zero attached hydrogens (tertiary/aromatic N) is 3. The normalized spacial score (nSPS) is 12.5. The molecule has 0 radical (unpaired) electrons. The van der Waals surface area contributed by atoms with Gasteiger partial charge in [-0.1, -0.05) is 49.2 Å². The van der Waals surface area contributed by atoms with Crippen molar-refractivity contribution in [3.8, 4) is 5.75 Å². The van der Waals surface area contributed by atoms with Gasteiger partial charge < -0.3 is 19.1 Å². The molecule has 38 heavy (non-hydrogen) atoms. The van der Waals surface area contributed by atoms with Crippen molar-refractivity contribution < 1.29 is 27.8 Å². The molecule has 0 aliphatic carbocycles. The molecule has 0 fully saturated rings. The number of hydrogen-bond donors (Lipinski definition) is 1. The van der Waals surface area contributed by atoms with E-state index < -0.39 is 22.0 Å². The van der Waals surface area contributed by atoms with Gasteiger partial charge in [0.05, 0.1) is 31.4 Å². The third kappa shape index (κ3) is 6.74. The number of benzene rings is 2. The fourth-order valence-corrected chi connectivity index (χ4v) is 5.70. The SMILES string of the molecule is CCCCc1nc(Cl)c(CO)n1Cc1ccc(S(=O)(=O)N(C)[C@H](Cc2ccc(OC)cc2)C(=O)OC)cc1. The van der Waals surface area contributed by atoms with Crippen molar-refractivity contribution in [2.75, 3.05) is 21.3 Å². The van der Waals surface area contributed by atoms with Gasteiger partial charge in [-0.3, -0.25) is 4.79 Å². The number of likely N-dealkylation sites (N-methyl/N-ethyl adjacent to an activating group) is 1. The second-order valence-electron chi connectivity index (χ2n) is 8.87. The van der Waals surface area contributed by atoms with E-state index in [9.17, 15) is 18.3 Å². The molecule has 9 nitrogen and oxygen atoms in total. The van der Waals surface area contributed by atoms with Crippen molar-refractivity contribution in [3.63, 3.8) is 0 Å². The summed E-state index contributed by atoms with van der Waals surface area (Å²) in [6, 6.07) is 12.4. The molecule has 3 rings (SSSR count). The Bertz CT molecular complexity index is 1320. The Morgan fingerprint density at radius 3 is 2.29 bits per heavy atom. The van der Waals surface area contributed by atoms with Crippen LogP contribution in [0.1, 0.15) is 42.4 Å². The lowest BCUT2D eigenvalue weighted by Crippen LogP contribution is -2.44. The monoisotopic (exact) mass is 563 g/mol. The van der Waals surface area contributed by atoms with Crippen LogP contribution in [0.2, 0.25) is 5.15 Å². The average molecular weight is 564 g/mol. The van der Waals surface area contributed by atoms with Gasteiger partial charge in [0.25, 0.3) is 0 Å². The van der Waals surface area contributed by atoms with E-state index in [1.807, 2.05) is 4.57 Å². The number of ether oxygens (including phenoxy) is 2. The van der Waals surface area contributed by atoms with Crippen LogP contribution in [0, 0.1) is 0 Å². The summed E-state index contributed by atoms with van der Waals surface area (Å²) in [5, 5.41) is 10.1. The minimum absolute atomic E-state index is 0.0460. The first-order valence-corrected chi connectivity index (χ1v) is 14.1. The highest BCUT2D eigenvalue weighted by Gasteiger charge is 2.34. The molecular weight excluding hydrogens is 530 g/mol. The third-order valence-electron chi connectivity index (χ3n) is 6.45. The lowest BCUT2D eigenvalue weighted by Gasteiger charge is -2.25. The quantitative estimate of drug-likeness (QED) is 0.315. The van der Waals surface area contributed by atoms with Crippen molar-refractivity contribution in [1.29, 1.82) is 0 Å². The van der Waals surface area contributed by atoms with Gasteiger partial charge in [0.2, 0.25) is 10.0 Å². The molecule has 0 aliphatic heterocycles. The van der Waals surface area contributed by atoms with Crippen molar-refractivity contribution in [2.24, 2.45) is 0 Å². The Labute approximate surface area is 229 Å². The number of methoxy groups -OCH3 is 2. The van der Waals surface area contributed by atoms with Gasteiger partial charge in [0.15, 0.2) is 5.15 Å². The zero-order chi connectivity index (χ0) is 27.9. The summed E-state index contributed by atoms with van der Waals surface area (Å²) >= 11 is 6.23. The van der Waals surface area contributed by atoms with E-state index in [-0.39, 0.29) is 23.1 Å². The number of imidazole rings is 1. The van der Waals surface area contributed by atoms with Gasteiger partial charge in [0, 0.05) is 20.0 Å². The molecular formula is C27H34ClN3O6S. The van der Waals surface area contributed by atoms with E-state index in [4.69, 9.17) is 21.1 Å². The first-order valence-electron chi connectivity index (χ1n) is 12.3. The molecule has 206 valence electrons. The Morgan fingerprint density at radius 2 is 1.74 bits per heavy atom. The van der Waals surface area contributed by atoms with Gasteiger partial charge in [-0.2, -0.15) is 4.31 Å². The number of sulfonamides is 1. The highest BCUT2D eigenvalue weighted by atomic mass is 35.5. The molecule has 3 aromatic rings. The second-order valence-corrected chi connectivity index (χ2v) is 11.2. The molecule has 1 heterocycles. The Hall–Kier alpha value is -2.92. The highest BCUT2D eigenvalue weighted by Crippen LogP contribution is 2.24. The minimum Gasteiger partial charge on any atom is -0.497 e. The average Bonchev–Trinajstić information content (AvgIpc) is 3.23. The number of esters is 1. The number of aryl methyl sites for hydroxylation is 1. The first kappa shape index (κ1) is 29.6. The van der Waals surface area contributed by atoms with Crippen molar-refractivity contribution >= 4 is 27.6 Å². The maximum atomic E-state index is 13.5. The molecule has 1 atom stereocenters. The van der Waals surface area contributed by atoms with Crippen LogP contribution in [0.4, 0.5) is 0 Å². The zero-order valence-corrected chi connectivity index (χ0v) is 23.6. The molecule has 0 amide bonds. The second kappa shape index (κ2) is 13.2.